The van der Waals surface area contributed by atoms with Gasteiger partial charge in [-0.3, -0.25) is 4.79 Å². The van der Waals surface area contributed by atoms with Crippen molar-refractivity contribution in [3.63, 3.8) is 0 Å². The highest BCUT2D eigenvalue weighted by Gasteiger charge is 2.33. The van der Waals surface area contributed by atoms with E-state index in [4.69, 9.17) is 22.4 Å². The Morgan fingerprint density at radius 1 is 1.12 bits per heavy atom. The van der Waals surface area contributed by atoms with Gasteiger partial charge in [0.2, 0.25) is 0 Å². The molecule has 5 rings (SSSR count). The highest BCUT2D eigenvalue weighted by Crippen LogP contribution is 2.35. The summed E-state index contributed by atoms with van der Waals surface area (Å²) in [5, 5.41) is 4.92. The van der Waals surface area contributed by atoms with E-state index in [2.05, 4.69) is 33.8 Å². The molecule has 206 valence electrons. The maximum atomic E-state index is 13.3. The Bertz CT molecular complexity index is 1660. The second-order valence-corrected chi connectivity index (χ2v) is 10.4. The quantitative estimate of drug-likeness (QED) is 0.260. The first-order valence-corrected chi connectivity index (χ1v) is 13.1. The minimum atomic E-state index is -4.65. The molecule has 40 heavy (non-hydrogen) atoms. The lowest BCUT2D eigenvalue weighted by Crippen LogP contribution is -2.32. The first-order valence-electron chi connectivity index (χ1n) is 12.7. The molecule has 7 nitrogen and oxygen atoms in total. The number of alkyl halides is 3. The molecule has 1 fully saturated rings. The SMILES string of the molecule is Cc1ccc(CC(=O)c2ccc(Cl)c(C(F)(F)F)c2)cc1C#Cc1nn(C2CCN(C)CC2)c2ncnc(N)c12. The Kier molecular flexibility index (Phi) is 7.53. The summed E-state index contributed by atoms with van der Waals surface area (Å²) in [6.45, 7) is 3.79. The lowest BCUT2D eigenvalue weighted by Gasteiger charge is -2.29. The van der Waals surface area contributed by atoms with Crippen LogP contribution in [0.1, 0.15) is 57.2 Å². The molecule has 0 radical (unpaired) electrons. The van der Waals surface area contributed by atoms with Crippen molar-refractivity contribution in [2.75, 3.05) is 25.9 Å². The van der Waals surface area contributed by atoms with Gasteiger partial charge in [-0.15, -0.1) is 0 Å². The predicted octanol–water partition coefficient (Wildman–Crippen LogP) is 5.48. The molecule has 1 aliphatic rings. The number of aromatic nitrogens is 4. The molecular formula is C29H26ClF3N6O. The molecule has 11 heteroatoms. The van der Waals surface area contributed by atoms with Crippen LogP contribution in [0.5, 0.6) is 0 Å². The fourth-order valence-electron chi connectivity index (χ4n) is 4.82. The number of anilines is 1. The van der Waals surface area contributed by atoms with Crippen LogP contribution in [0.4, 0.5) is 19.0 Å². The van der Waals surface area contributed by atoms with Gasteiger partial charge in [0.1, 0.15) is 17.8 Å². The summed E-state index contributed by atoms with van der Waals surface area (Å²) in [6.07, 6.45) is -1.47. The summed E-state index contributed by atoms with van der Waals surface area (Å²) in [6, 6.07) is 8.69. The van der Waals surface area contributed by atoms with Gasteiger partial charge in [-0.1, -0.05) is 29.7 Å². The second kappa shape index (κ2) is 10.9. The van der Waals surface area contributed by atoms with Crippen molar-refractivity contribution < 1.29 is 18.0 Å². The average Bonchev–Trinajstić information content (AvgIpc) is 3.29. The molecule has 0 bridgehead atoms. The molecule has 0 saturated carbocycles. The Hall–Kier alpha value is -3.94. The van der Waals surface area contributed by atoms with Crippen molar-refractivity contribution >= 4 is 34.2 Å². The monoisotopic (exact) mass is 566 g/mol. The second-order valence-electron chi connectivity index (χ2n) is 9.98. The highest BCUT2D eigenvalue weighted by molar-refractivity contribution is 6.31. The van der Waals surface area contributed by atoms with E-state index in [0.717, 1.165) is 43.6 Å². The Labute approximate surface area is 234 Å². The number of rotatable bonds is 4. The average molecular weight is 567 g/mol. The number of Topliss-reactive ketones (excluding diaryl/α,β-unsaturated/α-hetero) is 1. The maximum absolute atomic E-state index is 13.3. The predicted molar refractivity (Wildman–Crippen MR) is 147 cm³/mol. The number of piperidine rings is 1. The van der Waals surface area contributed by atoms with Crippen molar-refractivity contribution in [1.82, 2.24) is 24.6 Å². The van der Waals surface area contributed by atoms with Gasteiger partial charge in [0, 0.05) is 17.5 Å². The number of hydrogen-bond donors (Lipinski definition) is 1. The van der Waals surface area contributed by atoms with Gasteiger partial charge in [0.15, 0.2) is 11.4 Å². The van der Waals surface area contributed by atoms with Crippen LogP contribution in [0.3, 0.4) is 0 Å². The summed E-state index contributed by atoms with van der Waals surface area (Å²) < 4.78 is 41.6. The number of aryl methyl sites for hydroxylation is 1. The Morgan fingerprint density at radius 3 is 2.60 bits per heavy atom. The molecule has 3 heterocycles. The standard InChI is InChI=1S/C29H26ClF3N6O/c1-17-3-4-18(14-25(40)20-5-7-23(30)22(15-20)29(31,32)33)13-19(17)6-8-24-26-27(34)35-16-36-28(26)39(37-24)21-9-11-38(2)12-10-21/h3-5,7,13,15-16,21H,9-12,14H2,1-2H3,(H2,34,35,36). The zero-order valence-electron chi connectivity index (χ0n) is 21.9. The third kappa shape index (κ3) is 5.67. The lowest BCUT2D eigenvalue weighted by molar-refractivity contribution is -0.137. The number of carbonyl (C=O) groups excluding carboxylic acids is 1. The van der Waals surface area contributed by atoms with E-state index in [1.807, 2.05) is 17.7 Å². The number of nitrogen functional groups attached to an aromatic ring is 1. The van der Waals surface area contributed by atoms with E-state index in [9.17, 15) is 18.0 Å². The molecule has 2 aromatic carbocycles. The van der Waals surface area contributed by atoms with Gasteiger partial charge < -0.3 is 10.6 Å². The number of nitrogens with two attached hydrogens (primary N) is 1. The van der Waals surface area contributed by atoms with E-state index in [1.165, 1.54) is 12.4 Å². The summed E-state index contributed by atoms with van der Waals surface area (Å²) in [7, 11) is 2.09. The minimum absolute atomic E-state index is 0.0636. The van der Waals surface area contributed by atoms with Crippen molar-refractivity contribution in [1.29, 1.82) is 0 Å². The smallest absolute Gasteiger partial charge is 0.383 e. The van der Waals surface area contributed by atoms with Crippen molar-refractivity contribution in [2.45, 2.75) is 38.4 Å². The number of fused-ring (bicyclic) bond motifs is 1. The zero-order chi connectivity index (χ0) is 28.6. The van der Waals surface area contributed by atoms with Gasteiger partial charge >= 0.3 is 6.18 Å². The third-order valence-electron chi connectivity index (χ3n) is 7.13. The summed E-state index contributed by atoms with van der Waals surface area (Å²) in [5.41, 5.74) is 8.37. The number of halogens is 4. The van der Waals surface area contributed by atoms with Crippen LogP contribution >= 0.6 is 11.6 Å². The fraction of sp³-hybridized carbons (Fsp3) is 0.310. The molecule has 0 atom stereocenters. The Balaban J connectivity index is 1.44. The van der Waals surface area contributed by atoms with Gasteiger partial charge in [-0.2, -0.15) is 18.3 Å². The molecular weight excluding hydrogens is 541 g/mol. The van der Waals surface area contributed by atoms with Crippen LogP contribution in [-0.2, 0) is 12.6 Å². The molecule has 1 aliphatic heterocycles. The number of carbonyl (C=O) groups is 1. The van der Waals surface area contributed by atoms with Gasteiger partial charge in [0.05, 0.1) is 22.0 Å². The third-order valence-corrected chi connectivity index (χ3v) is 7.46. The summed E-state index contributed by atoms with van der Waals surface area (Å²) in [5.74, 6) is 6.10. The topological polar surface area (TPSA) is 89.9 Å². The fourth-order valence-corrected chi connectivity index (χ4v) is 5.05. The molecule has 2 aromatic heterocycles. The van der Waals surface area contributed by atoms with Crippen LogP contribution in [0.25, 0.3) is 11.0 Å². The number of likely N-dealkylation sites (tertiary alicyclic amines) is 1. The summed E-state index contributed by atoms with van der Waals surface area (Å²) in [4.78, 5) is 23.7. The van der Waals surface area contributed by atoms with E-state index in [0.29, 0.717) is 33.7 Å². The van der Waals surface area contributed by atoms with Crippen molar-refractivity contribution in [3.05, 3.63) is 81.3 Å². The molecule has 0 amide bonds. The van der Waals surface area contributed by atoms with Crippen LogP contribution in [0.15, 0.2) is 42.7 Å². The number of ketones is 1. The van der Waals surface area contributed by atoms with Crippen LogP contribution < -0.4 is 5.73 Å². The largest absolute Gasteiger partial charge is 0.417 e. The van der Waals surface area contributed by atoms with Gasteiger partial charge in [-0.05, 0) is 81.2 Å². The van der Waals surface area contributed by atoms with E-state index < -0.39 is 22.5 Å². The van der Waals surface area contributed by atoms with Crippen molar-refractivity contribution in [2.24, 2.45) is 0 Å². The normalized spacial score (nSPS) is 14.8. The van der Waals surface area contributed by atoms with E-state index in [1.54, 1.807) is 12.1 Å². The van der Waals surface area contributed by atoms with Crippen LogP contribution in [-0.4, -0.2) is 50.6 Å². The van der Waals surface area contributed by atoms with Crippen molar-refractivity contribution in [3.8, 4) is 11.8 Å². The number of hydrogen-bond acceptors (Lipinski definition) is 6. The van der Waals surface area contributed by atoms with E-state index >= 15 is 0 Å². The molecule has 0 unspecified atom stereocenters. The van der Waals surface area contributed by atoms with E-state index in [-0.39, 0.29) is 18.0 Å². The minimum Gasteiger partial charge on any atom is -0.383 e. The molecule has 0 spiro atoms. The van der Waals surface area contributed by atoms with Gasteiger partial charge in [0.25, 0.3) is 0 Å². The Morgan fingerprint density at radius 2 is 1.88 bits per heavy atom. The molecule has 4 aromatic rings. The molecule has 0 aliphatic carbocycles. The summed E-state index contributed by atoms with van der Waals surface area (Å²) >= 11 is 5.70. The lowest BCUT2D eigenvalue weighted by atomic mass is 9.98. The maximum Gasteiger partial charge on any atom is 0.417 e. The van der Waals surface area contributed by atoms with Gasteiger partial charge in [-0.25, -0.2) is 14.6 Å². The highest BCUT2D eigenvalue weighted by atomic mass is 35.5. The molecule has 1 saturated heterocycles. The van der Waals surface area contributed by atoms with Crippen LogP contribution in [0.2, 0.25) is 5.02 Å². The number of benzene rings is 2. The molecule has 2 N–H and O–H groups in total. The zero-order valence-corrected chi connectivity index (χ0v) is 22.6. The first-order chi connectivity index (χ1) is 19.0. The first kappa shape index (κ1) is 27.6. The number of nitrogens with zero attached hydrogens (tertiary/aromatic N) is 5. The van der Waals surface area contributed by atoms with Crippen LogP contribution in [0, 0.1) is 18.8 Å².